The van der Waals surface area contributed by atoms with E-state index < -0.39 is 0 Å². The number of halogens is 2. The summed E-state index contributed by atoms with van der Waals surface area (Å²) in [4.78, 5) is 0. The summed E-state index contributed by atoms with van der Waals surface area (Å²) in [6, 6.07) is 7.05. The van der Waals surface area contributed by atoms with Gasteiger partial charge in [-0.1, -0.05) is 23.2 Å². The molecule has 1 atom stereocenters. The topological polar surface area (TPSA) is 35.2 Å². The lowest BCUT2D eigenvalue weighted by Gasteiger charge is -2.11. The van der Waals surface area contributed by atoms with Gasteiger partial charge in [-0.2, -0.15) is 0 Å². The highest BCUT2D eigenvalue weighted by Gasteiger charge is 2.03. The van der Waals surface area contributed by atoms with Crippen molar-refractivity contribution in [3.63, 3.8) is 0 Å². The molecule has 0 aliphatic carbocycles. The molecule has 0 bridgehead atoms. The fourth-order valence-corrected chi connectivity index (χ4v) is 1.21. The minimum Gasteiger partial charge on any atom is -0.475 e. The Kier molecular flexibility index (Phi) is 4.36. The van der Waals surface area contributed by atoms with E-state index in [4.69, 9.17) is 33.7 Å². The first-order valence-electron chi connectivity index (χ1n) is 3.98. The van der Waals surface area contributed by atoms with Crippen LogP contribution in [0.25, 0.3) is 0 Å². The van der Waals surface area contributed by atoms with Gasteiger partial charge in [-0.15, -0.1) is 0 Å². The second-order valence-electron chi connectivity index (χ2n) is 2.56. The van der Waals surface area contributed by atoms with Crippen molar-refractivity contribution in [2.45, 2.75) is 12.0 Å². The van der Waals surface area contributed by atoms with Crippen LogP contribution in [0.1, 0.15) is 6.42 Å². The molecule has 0 aliphatic rings. The van der Waals surface area contributed by atoms with E-state index in [0.29, 0.717) is 23.7 Å². The molecule has 13 heavy (non-hydrogen) atoms. The molecule has 1 aromatic rings. The molecule has 0 heterocycles. The molecule has 1 unspecified atom stereocenters. The zero-order valence-corrected chi connectivity index (χ0v) is 8.55. The smallest absolute Gasteiger partial charge is 0.173 e. The van der Waals surface area contributed by atoms with Crippen LogP contribution in [-0.4, -0.2) is 12.1 Å². The Balaban J connectivity index is 2.49. The summed E-state index contributed by atoms with van der Waals surface area (Å²) in [5.41, 5.74) is 4.95. The number of benzene rings is 1. The maximum Gasteiger partial charge on any atom is 0.173 e. The van der Waals surface area contributed by atoms with E-state index in [2.05, 4.69) is 0 Å². The summed E-state index contributed by atoms with van der Waals surface area (Å²) in [5.74, 6) is 0.706. The number of rotatable bonds is 4. The molecule has 0 fully saturated rings. The van der Waals surface area contributed by atoms with E-state index in [9.17, 15) is 0 Å². The van der Waals surface area contributed by atoms with Crippen LogP contribution in [0.15, 0.2) is 24.3 Å². The van der Waals surface area contributed by atoms with E-state index in [1.807, 2.05) is 0 Å². The van der Waals surface area contributed by atoms with Gasteiger partial charge in [0.15, 0.2) is 5.56 Å². The van der Waals surface area contributed by atoms with Crippen LogP contribution in [0.3, 0.4) is 0 Å². The fraction of sp³-hybridized carbons (Fsp3) is 0.333. The van der Waals surface area contributed by atoms with Crippen LogP contribution in [0.5, 0.6) is 5.75 Å². The molecule has 2 N–H and O–H groups in total. The Morgan fingerprint density at radius 3 is 2.46 bits per heavy atom. The average Bonchev–Trinajstić information content (AvgIpc) is 2.09. The van der Waals surface area contributed by atoms with Gasteiger partial charge in [0.05, 0.1) is 0 Å². The first-order valence-corrected chi connectivity index (χ1v) is 4.80. The monoisotopic (exact) mass is 219 g/mol. The third-order valence-corrected chi connectivity index (χ3v) is 2.03. The minimum atomic E-state index is -0.369. The Bertz CT molecular complexity index is 250. The standard InChI is InChI=1S/C9H11Cl2NO/c10-7-1-3-8(4-2-7)13-9(11)5-6-12/h1-4,9H,5-6,12H2. The molecule has 0 aromatic heterocycles. The van der Waals surface area contributed by atoms with Crippen molar-refractivity contribution in [3.8, 4) is 5.75 Å². The van der Waals surface area contributed by atoms with Crippen LogP contribution in [-0.2, 0) is 0 Å². The maximum atomic E-state index is 5.82. The molecule has 0 saturated heterocycles. The van der Waals surface area contributed by atoms with Gasteiger partial charge >= 0.3 is 0 Å². The third kappa shape index (κ3) is 3.85. The third-order valence-electron chi connectivity index (χ3n) is 1.47. The van der Waals surface area contributed by atoms with E-state index in [-0.39, 0.29) is 5.56 Å². The van der Waals surface area contributed by atoms with E-state index in [1.54, 1.807) is 24.3 Å². The number of ether oxygens (including phenoxy) is 1. The van der Waals surface area contributed by atoms with Gasteiger partial charge in [-0.3, -0.25) is 0 Å². The van der Waals surface area contributed by atoms with Gasteiger partial charge in [0.1, 0.15) is 5.75 Å². The number of alkyl halides is 1. The highest BCUT2D eigenvalue weighted by Crippen LogP contribution is 2.18. The van der Waals surface area contributed by atoms with Gasteiger partial charge in [0.2, 0.25) is 0 Å². The van der Waals surface area contributed by atoms with Crippen molar-refractivity contribution in [3.05, 3.63) is 29.3 Å². The van der Waals surface area contributed by atoms with Gasteiger partial charge in [0.25, 0.3) is 0 Å². The molecular weight excluding hydrogens is 209 g/mol. The first kappa shape index (κ1) is 10.6. The Morgan fingerprint density at radius 1 is 1.31 bits per heavy atom. The number of nitrogens with two attached hydrogens (primary N) is 1. The fourth-order valence-electron chi connectivity index (χ4n) is 0.851. The molecule has 0 radical (unpaired) electrons. The summed E-state index contributed by atoms with van der Waals surface area (Å²) in [5, 5.41) is 0.678. The van der Waals surface area contributed by atoms with Crippen molar-refractivity contribution in [1.29, 1.82) is 0 Å². The largest absolute Gasteiger partial charge is 0.475 e. The lowest BCUT2D eigenvalue weighted by molar-refractivity contribution is 0.273. The maximum absolute atomic E-state index is 5.82. The van der Waals surface area contributed by atoms with Crippen molar-refractivity contribution < 1.29 is 4.74 Å². The van der Waals surface area contributed by atoms with E-state index in [0.717, 1.165) is 0 Å². The molecular formula is C9H11Cl2NO. The van der Waals surface area contributed by atoms with Crippen molar-refractivity contribution >= 4 is 23.2 Å². The normalized spacial score (nSPS) is 12.5. The lowest BCUT2D eigenvalue weighted by Crippen LogP contribution is -2.14. The van der Waals surface area contributed by atoms with E-state index >= 15 is 0 Å². The second kappa shape index (κ2) is 5.32. The molecule has 0 saturated carbocycles. The predicted octanol–water partition coefficient (Wildman–Crippen LogP) is 2.63. The molecule has 1 rings (SSSR count). The van der Waals surface area contributed by atoms with Crippen LogP contribution in [0, 0.1) is 0 Å². The van der Waals surface area contributed by atoms with Gasteiger partial charge in [-0.25, -0.2) is 0 Å². The summed E-state index contributed by atoms with van der Waals surface area (Å²) in [6.45, 7) is 0.516. The highest BCUT2D eigenvalue weighted by atomic mass is 35.5. The zero-order chi connectivity index (χ0) is 9.68. The molecule has 1 aromatic carbocycles. The quantitative estimate of drug-likeness (QED) is 0.791. The van der Waals surface area contributed by atoms with Crippen LogP contribution >= 0.6 is 23.2 Å². The van der Waals surface area contributed by atoms with Gasteiger partial charge in [-0.05, 0) is 30.8 Å². The lowest BCUT2D eigenvalue weighted by atomic mass is 10.3. The Morgan fingerprint density at radius 2 is 1.92 bits per heavy atom. The van der Waals surface area contributed by atoms with Gasteiger partial charge < -0.3 is 10.5 Å². The zero-order valence-electron chi connectivity index (χ0n) is 7.04. The van der Waals surface area contributed by atoms with Crippen molar-refractivity contribution in [1.82, 2.24) is 0 Å². The van der Waals surface area contributed by atoms with E-state index in [1.165, 1.54) is 0 Å². The van der Waals surface area contributed by atoms with Crippen LogP contribution in [0.4, 0.5) is 0 Å². The van der Waals surface area contributed by atoms with Crippen molar-refractivity contribution in [2.75, 3.05) is 6.54 Å². The van der Waals surface area contributed by atoms with Crippen LogP contribution < -0.4 is 10.5 Å². The number of hydrogen-bond acceptors (Lipinski definition) is 2. The molecule has 0 aliphatic heterocycles. The number of hydrogen-bond donors (Lipinski definition) is 1. The SMILES string of the molecule is NCCC(Cl)Oc1ccc(Cl)cc1. The van der Waals surface area contributed by atoms with Crippen molar-refractivity contribution in [2.24, 2.45) is 5.73 Å². The Hall–Kier alpha value is -0.440. The summed E-state index contributed by atoms with van der Waals surface area (Å²) >= 11 is 11.5. The summed E-state index contributed by atoms with van der Waals surface area (Å²) in [7, 11) is 0. The summed E-state index contributed by atoms with van der Waals surface area (Å²) < 4.78 is 5.34. The molecule has 0 amide bonds. The predicted molar refractivity (Wildman–Crippen MR) is 55.4 cm³/mol. The summed E-state index contributed by atoms with van der Waals surface area (Å²) in [6.07, 6.45) is 0.629. The molecule has 4 heteroatoms. The first-order chi connectivity index (χ1) is 6.22. The highest BCUT2D eigenvalue weighted by molar-refractivity contribution is 6.30. The molecule has 2 nitrogen and oxygen atoms in total. The second-order valence-corrected chi connectivity index (χ2v) is 3.48. The Labute approximate surface area is 87.6 Å². The van der Waals surface area contributed by atoms with Crippen LogP contribution in [0.2, 0.25) is 5.02 Å². The average molecular weight is 220 g/mol. The molecule has 0 spiro atoms. The minimum absolute atomic E-state index is 0.369. The molecule has 72 valence electrons. The van der Waals surface area contributed by atoms with Gasteiger partial charge in [0, 0.05) is 11.4 Å².